The first-order chi connectivity index (χ1) is 12.9. The van der Waals surface area contributed by atoms with E-state index >= 15 is 0 Å². The molecule has 1 heterocycles. The summed E-state index contributed by atoms with van der Waals surface area (Å²) in [7, 11) is -3.11. The van der Waals surface area contributed by atoms with Gasteiger partial charge in [-0.2, -0.15) is 0 Å². The molecule has 144 valence electrons. The van der Waals surface area contributed by atoms with Gasteiger partial charge in [-0.25, -0.2) is 13.2 Å². The predicted molar refractivity (Wildman–Crippen MR) is 109 cm³/mol. The van der Waals surface area contributed by atoms with Crippen LogP contribution in [0.1, 0.15) is 18.4 Å². The molecular weight excluding hydrogens is 362 g/mol. The van der Waals surface area contributed by atoms with Crippen molar-refractivity contribution in [3.63, 3.8) is 0 Å². The first kappa shape index (κ1) is 19.2. The largest absolute Gasteiger partial charge is 0.371 e. The molecule has 0 radical (unpaired) electrons. The Balaban J connectivity index is 1.50. The summed E-state index contributed by atoms with van der Waals surface area (Å²) < 4.78 is 22.8. The Bertz CT molecular complexity index is 876. The lowest BCUT2D eigenvalue weighted by atomic mass is 10.0. The Hall–Kier alpha value is -2.54. The van der Waals surface area contributed by atoms with E-state index in [1.54, 1.807) is 24.3 Å². The number of sulfone groups is 1. The SMILES string of the molecule is CS(=O)(=O)Cc1cccc(NC(=O)NC2CCN(c3ccccc3)CC2)c1. The molecule has 6 nitrogen and oxygen atoms in total. The van der Waals surface area contributed by atoms with Crippen LogP contribution < -0.4 is 15.5 Å². The Morgan fingerprint density at radius 1 is 1.07 bits per heavy atom. The van der Waals surface area contributed by atoms with Crippen LogP contribution in [0.4, 0.5) is 16.2 Å². The number of urea groups is 1. The maximum absolute atomic E-state index is 12.3. The van der Waals surface area contributed by atoms with Gasteiger partial charge in [0.25, 0.3) is 0 Å². The zero-order chi connectivity index (χ0) is 19.3. The highest BCUT2D eigenvalue weighted by Crippen LogP contribution is 2.19. The topological polar surface area (TPSA) is 78.5 Å². The van der Waals surface area contributed by atoms with Crippen molar-refractivity contribution in [2.75, 3.05) is 29.6 Å². The van der Waals surface area contributed by atoms with Crippen LogP contribution in [-0.2, 0) is 15.6 Å². The highest BCUT2D eigenvalue weighted by atomic mass is 32.2. The Labute approximate surface area is 160 Å². The van der Waals surface area contributed by atoms with E-state index in [-0.39, 0.29) is 17.8 Å². The lowest BCUT2D eigenvalue weighted by molar-refractivity contribution is 0.246. The van der Waals surface area contributed by atoms with E-state index in [0.717, 1.165) is 25.9 Å². The average Bonchev–Trinajstić information content (AvgIpc) is 2.62. The van der Waals surface area contributed by atoms with Crippen LogP contribution in [-0.4, -0.2) is 39.8 Å². The van der Waals surface area contributed by atoms with Gasteiger partial charge in [-0.1, -0.05) is 30.3 Å². The number of hydrogen-bond acceptors (Lipinski definition) is 4. The van der Waals surface area contributed by atoms with E-state index in [4.69, 9.17) is 0 Å². The van der Waals surface area contributed by atoms with Crippen molar-refractivity contribution < 1.29 is 13.2 Å². The fourth-order valence-corrected chi connectivity index (χ4v) is 4.10. The summed E-state index contributed by atoms with van der Waals surface area (Å²) in [5, 5.41) is 5.81. The van der Waals surface area contributed by atoms with Crippen LogP contribution in [0.5, 0.6) is 0 Å². The first-order valence-corrected chi connectivity index (χ1v) is 11.1. The fraction of sp³-hybridized carbons (Fsp3) is 0.350. The highest BCUT2D eigenvalue weighted by molar-refractivity contribution is 7.89. The number of rotatable bonds is 5. The van der Waals surface area contributed by atoms with Crippen LogP contribution >= 0.6 is 0 Å². The fourth-order valence-electron chi connectivity index (χ4n) is 3.32. The molecule has 0 aromatic heterocycles. The van der Waals surface area contributed by atoms with Crippen molar-refractivity contribution in [1.29, 1.82) is 0 Å². The number of nitrogens with zero attached hydrogens (tertiary/aromatic N) is 1. The molecule has 0 aliphatic carbocycles. The van der Waals surface area contributed by atoms with E-state index in [1.165, 1.54) is 11.9 Å². The third-order valence-corrected chi connectivity index (χ3v) is 5.42. The van der Waals surface area contributed by atoms with Crippen LogP contribution in [0.25, 0.3) is 0 Å². The quantitative estimate of drug-likeness (QED) is 0.827. The molecule has 1 fully saturated rings. The summed E-state index contributed by atoms with van der Waals surface area (Å²) in [5.41, 5.74) is 2.46. The normalized spacial score (nSPS) is 15.4. The van der Waals surface area contributed by atoms with Gasteiger partial charge in [-0.15, -0.1) is 0 Å². The molecule has 0 spiro atoms. The molecule has 1 saturated heterocycles. The minimum absolute atomic E-state index is 0.0396. The summed E-state index contributed by atoms with van der Waals surface area (Å²) in [4.78, 5) is 14.6. The molecule has 2 N–H and O–H groups in total. The summed E-state index contributed by atoms with van der Waals surface area (Å²) in [5.74, 6) is -0.0396. The van der Waals surface area contributed by atoms with E-state index < -0.39 is 9.84 Å². The molecule has 2 aromatic rings. The second-order valence-corrected chi connectivity index (χ2v) is 9.11. The molecule has 2 amide bonds. The third kappa shape index (κ3) is 5.99. The van der Waals surface area contributed by atoms with Crippen molar-refractivity contribution in [3.8, 4) is 0 Å². The second kappa shape index (κ2) is 8.43. The number of nitrogens with one attached hydrogen (secondary N) is 2. The van der Waals surface area contributed by atoms with Gasteiger partial charge in [0, 0.05) is 36.8 Å². The van der Waals surface area contributed by atoms with E-state index in [9.17, 15) is 13.2 Å². The molecule has 7 heteroatoms. The molecule has 2 aromatic carbocycles. The summed E-state index contributed by atoms with van der Waals surface area (Å²) in [6, 6.07) is 17.1. The average molecular weight is 388 g/mol. The van der Waals surface area contributed by atoms with Crippen LogP contribution in [0.3, 0.4) is 0 Å². The lowest BCUT2D eigenvalue weighted by Gasteiger charge is -2.34. The van der Waals surface area contributed by atoms with Crippen molar-refractivity contribution in [1.82, 2.24) is 5.32 Å². The van der Waals surface area contributed by atoms with Crippen molar-refractivity contribution in [2.45, 2.75) is 24.6 Å². The minimum Gasteiger partial charge on any atom is -0.371 e. The van der Waals surface area contributed by atoms with Crippen molar-refractivity contribution in [2.24, 2.45) is 0 Å². The van der Waals surface area contributed by atoms with Gasteiger partial charge in [0.05, 0.1) is 5.75 Å². The van der Waals surface area contributed by atoms with Crippen molar-refractivity contribution >= 4 is 27.2 Å². The maximum Gasteiger partial charge on any atom is 0.319 e. The monoisotopic (exact) mass is 387 g/mol. The smallest absolute Gasteiger partial charge is 0.319 e. The van der Waals surface area contributed by atoms with Gasteiger partial charge in [0.2, 0.25) is 0 Å². The van der Waals surface area contributed by atoms with Gasteiger partial charge in [-0.3, -0.25) is 0 Å². The molecule has 0 atom stereocenters. The maximum atomic E-state index is 12.3. The third-order valence-electron chi connectivity index (χ3n) is 4.57. The second-order valence-electron chi connectivity index (χ2n) is 6.97. The number of piperidine rings is 1. The van der Waals surface area contributed by atoms with Crippen LogP contribution in [0.15, 0.2) is 54.6 Å². The highest BCUT2D eigenvalue weighted by Gasteiger charge is 2.20. The van der Waals surface area contributed by atoms with Crippen molar-refractivity contribution in [3.05, 3.63) is 60.2 Å². The molecule has 3 rings (SSSR count). The molecule has 1 aliphatic heterocycles. The van der Waals surface area contributed by atoms with Crippen LogP contribution in [0, 0.1) is 0 Å². The van der Waals surface area contributed by atoms with E-state index in [0.29, 0.717) is 11.3 Å². The Morgan fingerprint density at radius 3 is 2.44 bits per heavy atom. The van der Waals surface area contributed by atoms with Gasteiger partial charge >= 0.3 is 6.03 Å². The van der Waals surface area contributed by atoms with Gasteiger partial charge < -0.3 is 15.5 Å². The predicted octanol–water partition coefficient (Wildman–Crippen LogP) is 3.02. The Morgan fingerprint density at radius 2 is 1.78 bits per heavy atom. The summed E-state index contributed by atoms with van der Waals surface area (Å²) >= 11 is 0. The molecule has 27 heavy (non-hydrogen) atoms. The molecular formula is C20H25N3O3S. The van der Waals surface area contributed by atoms with E-state index in [1.807, 2.05) is 18.2 Å². The van der Waals surface area contributed by atoms with Gasteiger partial charge in [-0.05, 0) is 42.7 Å². The molecule has 0 bridgehead atoms. The summed E-state index contributed by atoms with van der Waals surface area (Å²) in [6.45, 7) is 1.80. The van der Waals surface area contributed by atoms with Crippen LogP contribution in [0.2, 0.25) is 0 Å². The number of hydrogen-bond donors (Lipinski definition) is 2. The molecule has 0 saturated carbocycles. The first-order valence-electron chi connectivity index (χ1n) is 9.03. The van der Waals surface area contributed by atoms with Gasteiger partial charge in [0.15, 0.2) is 9.84 Å². The number of carbonyl (C=O) groups is 1. The summed E-state index contributed by atoms with van der Waals surface area (Å²) in [6.07, 6.45) is 2.97. The molecule has 0 unspecified atom stereocenters. The number of amides is 2. The number of benzene rings is 2. The number of carbonyl (C=O) groups excluding carboxylic acids is 1. The Kier molecular flexibility index (Phi) is 6.01. The minimum atomic E-state index is -3.11. The zero-order valence-corrected chi connectivity index (χ0v) is 16.2. The number of anilines is 2. The lowest BCUT2D eigenvalue weighted by Crippen LogP contribution is -2.46. The molecule has 1 aliphatic rings. The van der Waals surface area contributed by atoms with Gasteiger partial charge in [0.1, 0.15) is 0 Å². The number of para-hydroxylation sites is 1. The zero-order valence-electron chi connectivity index (χ0n) is 15.4. The van der Waals surface area contributed by atoms with E-state index in [2.05, 4.69) is 27.7 Å². The standard InChI is InChI=1S/C20H25N3O3S/c1-27(25,26)15-16-6-5-7-18(14-16)22-20(24)21-17-10-12-23(13-11-17)19-8-3-2-4-9-19/h2-9,14,17H,10-13,15H2,1H3,(H2,21,22,24).